The van der Waals surface area contributed by atoms with E-state index in [2.05, 4.69) is 21.2 Å². The van der Waals surface area contributed by atoms with E-state index in [9.17, 15) is 12.8 Å². The Labute approximate surface area is 149 Å². The first-order chi connectivity index (χ1) is 11.4. The van der Waals surface area contributed by atoms with Gasteiger partial charge < -0.3 is 5.32 Å². The Morgan fingerprint density at radius 2 is 1.75 bits per heavy atom. The Balaban J connectivity index is 1.63. The molecule has 4 nitrogen and oxygen atoms in total. The molecule has 0 aliphatic carbocycles. The molecule has 1 N–H and O–H groups in total. The van der Waals surface area contributed by atoms with Gasteiger partial charge in [-0.2, -0.15) is 4.31 Å². The first-order valence-corrected chi connectivity index (χ1v) is 9.96. The van der Waals surface area contributed by atoms with Crippen molar-refractivity contribution in [3.63, 3.8) is 0 Å². The van der Waals surface area contributed by atoms with Crippen molar-refractivity contribution in [3.8, 4) is 0 Å². The van der Waals surface area contributed by atoms with Crippen molar-refractivity contribution in [2.45, 2.75) is 23.8 Å². The SMILES string of the molecule is O=S(=O)(c1ccc(F)cc1)N1CCC(Nc2cccc(Br)c2)CC1. The number of hydrogen-bond acceptors (Lipinski definition) is 3. The van der Waals surface area contributed by atoms with Gasteiger partial charge >= 0.3 is 0 Å². The molecule has 24 heavy (non-hydrogen) atoms. The van der Waals surface area contributed by atoms with E-state index in [1.807, 2.05) is 24.3 Å². The Bertz CT molecular complexity index is 804. The van der Waals surface area contributed by atoms with Crippen LogP contribution in [0, 0.1) is 5.82 Å². The second kappa shape index (κ2) is 7.21. The average Bonchev–Trinajstić information content (AvgIpc) is 2.56. The fourth-order valence-corrected chi connectivity index (χ4v) is 4.68. The molecular weight excluding hydrogens is 395 g/mol. The minimum atomic E-state index is -3.55. The number of anilines is 1. The zero-order valence-electron chi connectivity index (χ0n) is 13.0. The molecule has 2 aromatic rings. The van der Waals surface area contributed by atoms with Crippen molar-refractivity contribution in [1.82, 2.24) is 4.31 Å². The lowest BCUT2D eigenvalue weighted by atomic mass is 10.1. The quantitative estimate of drug-likeness (QED) is 0.829. The van der Waals surface area contributed by atoms with Crippen molar-refractivity contribution >= 4 is 31.6 Å². The summed E-state index contributed by atoms with van der Waals surface area (Å²) < 4.78 is 40.6. The summed E-state index contributed by atoms with van der Waals surface area (Å²) >= 11 is 3.44. The van der Waals surface area contributed by atoms with Crippen molar-refractivity contribution in [1.29, 1.82) is 0 Å². The molecule has 128 valence electrons. The molecule has 0 amide bonds. The number of rotatable bonds is 4. The van der Waals surface area contributed by atoms with Crippen LogP contribution in [0.1, 0.15) is 12.8 Å². The fraction of sp³-hybridized carbons (Fsp3) is 0.294. The van der Waals surface area contributed by atoms with Gasteiger partial charge in [-0.3, -0.25) is 0 Å². The summed E-state index contributed by atoms with van der Waals surface area (Å²) in [6, 6.07) is 13.1. The number of sulfonamides is 1. The lowest BCUT2D eigenvalue weighted by molar-refractivity contribution is 0.329. The molecule has 0 atom stereocenters. The zero-order chi connectivity index (χ0) is 17.2. The smallest absolute Gasteiger partial charge is 0.243 e. The van der Waals surface area contributed by atoms with Crippen LogP contribution in [0.2, 0.25) is 0 Å². The molecule has 1 aliphatic heterocycles. The highest BCUT2D eigenvalue weighted by molar-refractivity contribution is 9.10. The summed E-state index contributed by atoms with van der Waals surface area (Å²) in [6.07, 6.45) is 1.46. The normalized spacial score (nSPS) is 16.9. The van der Waals surface area contributed by atoms with Gasteiger partial charge in [0, 0.05) is 29.3 Å². The predicted octanol–water partition coefficient (Wildman–Crippen LogP) is 3.85. The number of nitrogens with zero attached hydrogens (tertiary/aromatic N) is 1. The molecule has 7 heteroatoms. The number of benzene rings is 2. The second-order valence-corrected chi connectivity index (χ2v) is 8.64. The van der Waals surface area contributed by atoms with Crippen LogP contribution in [0.3, 0.4) is 0 Å². The number of halogens is 2. The van der Waals surface area contributed by atoms with E-state index in [-0.39, 0.29) is 10.9 Å². The van der Waals surface area contributed by atoms with Crippen molar-refractivity contribution < 1.29 is 12.8 Å². The Morgan fingerprint density at radius 3 is 2.38 bits per heavy atom. The summed E-state index contributed by atoms with van der Waals surface area (Å²) in [4.78, 5) is 0.141. The van der Waals surface area contributed by atoms with Gasteiger partial charge in [-0.15, -0.1) is 0 Å². The molecule has 0 bridgehead atoms. The van der Waals surface area contributed by atoms with E-state index >= 15 is 0 Å². The first kappa shape index (κ1) is 17.4. The Hall–Kier alpha value is -1.44. The third-order valence-electron chi connectivity index (χ3n) is 4.10. The standard InChI is InChI=1S/C17H18BrFN2O2S/c18-13-2-1-3-16(12-13)20-15-8-10-21(11-9-15)24(22,23)17-6-4-14(19)5-7-17/h1-7,12,15,20H,8-11H2. The summed E-state index contributed by atoms with van der Waals surface area (Å²) in [7, 11) is -3.55. The zero-order valence-corrected chi connectivity index (χ0v) is 15.4. The number of piperidine rings is 1. The first-order valence-electron chi connectivity index (χ1n) is 7.73. The predicted molar refractivity (Wildman–Crippen MR) is 95.9 cm³/mol. The molecule has 1 fully saturated rings. The summed E-state index contributed by atoms with van der Waals surface area (Å²) in [5.41, 5.74) is 1.02. The molecule has 0 unspecified atom stereocenters. The maximum Gasteiger partial charge on any atom is 0.243 e. The van der Waals surface area contributed by atoms with E-state index in [1.165, 1.54) is 28.6 Å². The van der Waals surface area contributed by atoms with Gasteiger partial charge in [0.1, 0.15) is 5.82 Å². The van der Waals surface area contributed by atoms with Crippen molar-refractivity contribution in [3.05, 3.63) is 58.8 Å². The van der Waals surface area contributed by atoms with E-state index in [4.69, 9.17) is 0 Å². The van der Waals surface area contributed by atoms with Gasteiger partial charge in [0.25, 0.3) is 0 Å². The highest BCUT2D eigenvalue weighted by atomic mass is 79.9. The molecule has 1 aliphatic rings. The van der Waals surface area contributed by atoms with Gasteiger partial charge in [0.15, 0.2) is 0 Å². The molecule has 1 heterocycles. The molecular formula is C17H18BrFN2O2S. The highest BCUT2D eigenvalue weighted by Gasteiger charge is 2.29. The summed E-state index contributed by atoms with van der Waals surface area (Å²) in [5, 5.41) is 3.44. The monoisotopic (exact) mass is 412 g/mol. The van der Waals surface area contributed by atoms with E-state index in [0.717, 1.165) is 23.0 Å². The van der Waals surface area contributed by atoms with Crippen molar-refractivity contribution in [2.75, 3.05) is 18.4 Å². The maximum absolute atomic E-state index is 13.0. The van der Waals surface area contributed by atoms with Crippen LogP contribution in [0.25, 0.3) is 0 Å². The third kappa shape index (κ3) is 3.96. The molecule has 2 aromatic carbocycles. The molecule has 0 aromatic heterocycles. The van der Waals surface area contributed by atoms with Crippen LogP contribution >= 0.6 is 15.9 Å². The van der Waals surface area contributed by atoms with E-state index in [1.54, 1.807) is 0 Å². The van der Waals surface area contributed by atoms with Gasteiger partial charge in [0.05, 0.1) is 4.90 Å². The van der Waals surface area contributed by atoms with Crippen LogP contribution in [-0.2, 0) is 10.0 Å². The van der Waals surface area contributed by atoms with Crippen LogP contribution in [0.4, 0.5) is 10.1 Å². The van der Waals surface area contributed by atoms with Crippen LogP contribution < -0.4 is 5.32 Å². The number of nitrogens with one attached hydrogen (secondary N) is 1. The Morgan fingerprint density at radius 1 is 1.08 bits per heavy atom. The minimum Gasteiger partial charge on any atom is -0.382 e. The third-order valence-corrected chi connectivity index (χ3v) is 6.51. The van der Waals surface area contributed by atoms with Crippen molar-refractivity contribution in [2.24, 2.45) is 0 Å². The lowest BCUT2D eigenvalue weighted by Gasteiger charge is -2.32. The van der Waals surface area contributed by atoms with Gasteiger partial charge in [-0.05, 0) is 55.3 Å². The van der Waals surface area contributed by atoms with Gasteiger partial charge in [0.2, 0.25) is 10.0 Å². The highest BCUT2D eigenvalue weighted by Crippen LogP contribution is 2.24. The minimum absolute atomic E-state index is 0.141. The van der Waals surface area contributed by atoms with E-state index in [0.29, 0.717) is 13.1 Å². The van der Waals surface area contributed by atoms with Crippen LogP contribution in [-0.4, -0.2) is 31.9 Å². The van der Waals surface area contributed by atoms with Crippen LogP contribution in [0.15, 0.2) is 57.9 Å². The van der Waals surface area contributed by atoms with E-state index < -0.39 is 15.8 Å². The molecule has 3 rings (SSSR count). The second-order valence-electron chi connectivity index (χ2n) is 5.79. The lowest BCUT2D eigenvalue weighted by Crippen LogP contribution is -2.42. The average molecular weight is 413 g/mol. The number of hydrogen-bond donors (Lipinski definition) is 1. The Kier molecular flexibility index (Phi) is 5.22. The van der Waals surface area contributed by atoms with Gasteiger partial charge in [-0.1, -0.05) is 22.0 Å². The molecule has 1 saturated heterocycles. The topological polar surface area (TPSA) is 49.4 Å². The maximum atomic E-state index is 13.0. The van der Waals surface area contributed by atoms with Gasteiger partial charge in [-0.25, -0.2) is 12.8 Å². The molecule has 0 saturated carbocycles. The molecule has 0 spiro atoms. The van der Waals surface area contributed by atoms with Crippen LogP contribution in [0.5, 0.6) is 0 Å². The fourth-order valence-electron chi connectivity index (χ4n) is 2.81. The summed E-state index contributed by atoms with van der Waals surface area (Å²) in [6.45, 7) is 0.900. The molecule has 0 radical (unpaired) electrons. The summed E-state index contributed by atoms with van der Waals surface area (Å²) in [5.74, 6) is -0.439. The largest absolute Gasteiger partial charge is 0.382 e.